The lowest BCUT2D eigenvalue weighted by Gasteiger charge is -2.07. The molecule has 1 aromatic heterocycles. The minimum atomic E-state index is -0.338. The van der Waals surface area contributed by atoms with Gasteiger partial charge in [-0.25, -0.2) is 5.43 Å². The van der Waals surface area contributed by atoms with Gasteiger partial charge in [0.1, 0.15) is 0 Å². The topological polar surface area (TPSA) is 83.7 Å². The number of nitrogens with one attached hydrogen (secondary N) is 2. The summed E-state index contributed by atoms with van der Waals surface area (Å²) in [4.78, 5) is 24.2. The third-order valence-corrected chi connectivity index (χ3v) is 4.19. The SMILES string of the molecule is CC(=NNC(=O)c1cccc(Br)c1)c1cccc(NC(=O)c2ccco2)c1. The molecule has 6 nitrogen and oxygen atoms in total. The van der Waals surface area contributed by atoms with Crippen molar-refractivity contribution in [3.63, 3.8) is 0 Å². The van der Waals surface area contributed by atoms with Crippen molar-refractivity contribution in [2.75, 3.05) is 5.32 Å². The van der Waals surface area contributed by atoms with E-state index in [0.29, 0.717) is 17.0 Å². The maximum atomic E-state index is 12.2. The number of carbonyl (C=O) groups is 2. The molecule has 2 aromatic carbocycles. The summed E-state index contributed by atoms with van der Waals surface area (Å²) in [6, 6.07) is 17.4. The van der Waals surface area contributed by atoms with Crippen molar-refractivity contribution in [3.05, 3.63) is 88.3 Å². The molecule has 0 atom stereocenters. The van der Waals surface area contributed by atoms with Gasteiger partial charge in [0.25, 0.3) is 11.8 Å². The Morgan fingerprint density at radius 1 is 0.963 bits per heavy atom. The minimum Gasteiger partial charge on any atom is -0.459 e. The van der Waals surface area contributed by atoms with Crippen LogP contribution in [-0.2, 0) is 0 Å². The number of halogens is 1. The summed E-state index contributed by atoms with van der Waals surface area (Å²) in [6.07, 6.45) is 1.44. The summed E-state index contributed by atoms with van der Waals surface area (Å²) in [5.74, 6) is -0.417. The maximum Gasteiger partial charge on any atom is 0.291 e. The molecule has 3 aromatic rings. The second kappa shape index (κ2) is 8.46. The molecule has 3 rings (SSSR count). The molecule has 7 heteroatoms. The van der Waals surface area contributed by atoms with Crippen LogP contribution in [-0.4, -0.2) is 17.5 Å². The second-order valence-corrected chi connectivity index (χ2v) is 6.58. The Bertz CT molecular complexity index is 997. The quantitative estimate of drug-likeness (QED) is 0.467. The number of amides is 2. The fraction of sp³-hybridized carbons (Fsp3) is 0.0500. The van der Waals surface area contributed by atoms with Crippen LogP contribution in [0.5, 0.6) is 0 Å². The van der Waals surface area contributed by atoms with Gasteiger partial charge in [-0.05, 0) is 55.0 Å². The summed E-state index contributed by atoms with van der Waals surface area (Å²) in [7, 11) is 0. The molecule has 0 radical (unpaired) electrons. The molecule has 0 spiro atoms. The molecule has 0 aliphatic rings. The zero-order valence-corrected chi connectivity index (χ0v) is 16.0. The van der Waals surface area contributed by atoms with Crippen LogP contribution in [0.4, 0.5) is 5.69 Å². The summed E-state index contributed by atoms with van der Waals surface area (Å²) in [5.41, 5.74) is 5.00. The minimum absolute atomic E-state index is 0.229. The lowest BCUT2D eigenvalue weighted by molar-refractivity contribution is 0.0953. The molecular weight excluding hydrogens is 410 g/mol. The molecule has 27 heavy (non-hydrogen) atoms. The third kappa shape index (κ3) is 4.92. The van der Waals surface area contributed by atoms with E-state index < -0.39 is 0 Å². The fourth-order valence-corrected chi connectivity index (χ4v) is 2.72. The van der Waals surface area contributed by atoms with E-state index >= 15 is 0 Å². The predicted molar refractivity (Wildman–Crippen MR) is 107 cm³/mol. The highest BCUT2D eigenvalue weighted by atomic mass is 79.9. The normalized spacial score (nSPS) is 11.1. The van der Waals surface area contributed by atoms with Crippen molar-refractivity contribution in [3.8, 4) is 0 Å². The number of furan rings is 1. The molecule has 0 saturated carbocycles. The van der Waals surface area contributed by atoms with Crippen LogP contribution in [0.25, 0.3) is 0 Å². The molecule has 0 aliphatic heterocycles. The Hall–Kier alpha value is -3.19. The van der Waals surface area contributed by atoms with Crippen LogP contribution in [0.2, 0.25) is 0 Å². The third-order valence-electron chi connectivity index (χ3n) is 3.70. The van der Waals surface area contributed by atoms with Gasteiger partial charge in [0, 0.05) is 15.7 Å². The van der Waals surface area contributed by atoms with Crippen molar-refractivity contribution < 1.29 is 14.0 Å². The Morgan fingerprint density at radius 3 is 2.48 bits per heavy atom. The standard InChI is InChI=1S/C20H16BrN3O3/c1-13(23-24-19(25)15-6-2-7-16(21)11-15)14-5-3-8-17(12-14)22-20(26)18-9-4-10-27-18/h2-12H,1H3,(H,22,26)(H,24,25). The predicted octanol–water partition coefficient (Wildman–Crippen LogP) is 4.45. The zero-order chi connectivity index (χ0) is 19.2. The van der Waals surface area contributed by atoms with E-state index in [-0.39, 0.29) is 17.6 Å². The molecule has 0 aliphatic carbocycles. The van der Waals surface area contributed by atoms with Gasteiger partial charge >= 0.3 is 0 Å². The highest BCUT2D eigenvalue weighted by Gasteiger charge is 2.10. The van der Waals surface area contributed by atoms with Gasteiger partial charge in [0.05, 0.1) is 12.0 Å². The van der Waals surface area contributed by atoms with Gasteiger partial charge in [-0.2, -0.15) is 5.10 Å². The lowest BCUT2D eigenvalue weighted by atomic mass is 10.1. The molecule has 2 amide bonds. The Labute approximate surface area is 164 Å². The summed E-state index contributed by atoms with van der Waals surface area (Å²) < 4.78 is 5.89. The van der Waals surface area contributed by atoms with Gasteiger partial charge in [0.15, 0.2) is 5.76 Å². The first-order chi connectivity index (χ1) is 13.0. The first kappa shape index (κ1) is 18.6. The van der Waals surface area contributed by atoms with Crippen molar-refractivity contribution in [2.45, 2.75) is 6.92 Å². The number of benzene rings is 2. The Kier molecular flexibility index (Phi) is 5.83. The largest absolute Gasteiger partial charge is 0.459 e. The molecule has 0 bridgehead atoms. The van der Waals surface area contributed by atoms with E-state index in [1.54, 1.807) is 55.5 Å². The highest BCUT2D eigenvalue weighted by molar-refractivity contribution is 9.10. The van der Waals surface area contributed by atoms with Crippen molar-refractivity contribution >= 4 is 39.1 Å². The monoisotopic (exact) mass is 425 g/mol. The van der Waals surface area contributed by atoms with E-state index in [1.807, 2.05) is 12.1 Å². The van der Waals surface area contributed by atoms with E-state index in [4.69, 9.17) is 4.42 Å². The highest BCUT2D eigenvalue weighted by Crippen LogP contribution is 2.14. The van der Waals surface area contributed by atoms with Crippen molar-refractivity contribution in [1.82, 2.24) is 5.43 Å². The number of hydrazone groups is 1. The summed E-state index contributed by atoms with van der Waals surface area (Å²) >= 11 is 3.33. The zero-order valence-electron chi connectivity index (χ0n) is 14.4. The van der Waals surface area contributed by atoms with Crippen molar-refractivity contribution in [1.29, 1.82) is 0 Å². The van der Waals surface area contributed by atoms with Crippen LogP contribution in [0, 0.1) is 0 Å². The first-order valence-electron chi connectivity index (χ1n) is 8.08. The fourth-order valence-electron chi connectivity index (χ4n) is 2.32. The average molecular weight is 426 g/mol. The molecule has 0 unspecified atom stereocenters. The van der Waals surface area contributed by atoms with E-state index in [9.17, 15) is 9.59 Å². The van der Waals surface area contributed by atoms with Gasteiger partial charge in [-0.1, -0.05) is 34.1 Å². The van der Waals surface area contributed by atoms with Crippen LogP contribution in [0.1, 0.15) is 33.4 Å². The summed E-state index contributed by atoms with van der Waals surface area (Å²) in [5, 5.41) is 6.90. The van der Waals surface area contributed by atoms with E-state index in [0.717, 1.165) is 10.0 Å². The van der Waals surface area contributed by atoms with Gasteiger partial charge in [-0.15, -0.1) is 0 Å². The number of anilines is 1. The van der Waals surface area contributed by atoms with Gasteiger partial charge in [0.2, 0.25) is 0 Å². The van der Waals surface area contributed by atoms with Crippen LogP contribution in [0.15, 0.2) is 80.9 Å². The maximum absolute atomic E-state index is 12.2. The Balaban J connectivity index is 1.69. The number of rotatable bonds is 5. The van der Waals surface area contributed by atoms with E-state index in [1.165, 1.54) is 6.26 Å². The van der Waals surface area contributed by atoms with Gasteiger partial charge in [-0.3, -0.25) is 9.59 Å². The van der Waals surface area contributed by atoms with Crippen LogP contribution >= 0.6 is 15.9 Å². The number of carbonyl (C=O) groups excluding carboxylic acids is 2. The van der Waals surface area contributed by atoms with Crippen LogP contribution in [0.3, 0.4) is 0 Å². The van der Waals surface area contributed by atoms with Crippen LogP contribution < -0.4 is 10.7 Å². The first-order valence-corrected chi connectivity index (χ1v) is 8.88. The molecule has 136 valence electrons. The number of nitrogens with zero attached hydrogens (tertiary/aromatic N) is 1. The molecule has 2 N–H and O–H groups in total. The smallest absolute Gasteiger partial charge is 0.291 e. The Morgan fingerprint density at radius 2 is 1.74 bits per heavy atom. The summed E-state index contributed by atoms with van der Waals surface area (Å²) in [6.45, 7) is 1.77. The number of hydrogen-bond donors (Lipinski definition) is 2. The van der Waals surface area contributed by atoms with Crippen molar-refractivity contribution in [2.24, 2.45) is 5.10 Å². The number of hydrogen-bond acceptors (Lipinski definition) is 4. The molecule has 0 saturated heterocycles. The van der Waals surface area contributed by atoms with E-state index in [2.05, 4.69) is 31.8 Å². The van der Waals surface area contributed by atoms with Gasteiger partial charge < -0.3 is 9.73 Å². The molecule has 1 heterocycles. The molecule has 0 fully saturated rings. The molecular formula is C20H16BrN3O3. The lowest BCUT2D eigenvalue weighted by Crippen LogP contribution is -2.19. The average Bonchev–Trinajstić information content (AvgIpc) is 3.21. The second-order valence-electron chi connectivity index (χ2n) is 5.66.